The number of aromatic nitrogens is 1. The van der Waals surface area contributed by atoms with Gasteiger partial charge in [0.15, 0.2) is 5.75 Å². The zero-order chi connectivity index (χ0) is 26.4. The number of morpholine rings is 1. The maximum atomic E-state index is 14.9. The molecule has 5 rings (SSSR count). The van der Waals surface area contributed by atoms with E-state index in [-0.39, 0.29) is 76.3 Å². The lowest BCUT2D eigenvalue weighted by atomic mass is 10.0. The molecule has 1 N–H and O–H groups in total. The van der Waals surface area contributed by atoms with E-state index in [1.54, 1.807) is 9.80 Å². The van der Waals surface area contributed by atoms with E-state index in [0.29, 0.717) is 26.2 Å². The number of pyridine rings is 1. The number of hydrogen-bond acceptors (Lipinski definition) is 7. The first-order valence-electron chi connectivity index (χ1n) is 12.2. The zero-order valence-corrected chi connectivity index (χ0v) is 21.4. The van der Waals surface area contributed by atoms with Crippen LogP contribution in [0.3, 0.4) is 0 Å². The van der Waals surface area contributed by atoms with Crippen LogP contribution >= 0.6 is 11.6 Å². The van der Waals surface area contributed by atoms with Gasteiger partial charge in [-0.2, -0.15) is 0 Å². The second-order valence-electron chi connectivity index (χ2n) is 9.55. The van der Waals surface area contributed by atoms with E-state index in [0.717, 1.165) is 0 Å². The molecule has 2 fully saturated rings. The van der Waals surface area contributed by atoms with Gasteiger partial charge in [0.1, 0.15) is 40.3 Å². The minimum Gasteiger partial charge on any atom is -0.507 e. The molecule has 1 aromatic carbocycles. The summed E-state index contributed by atoms with van der Waals surface area (Å²) in [6.45, 7) is 9.27. The van der Waals surface area contributed by atoms with Gasteiger partial charge >= 0.3 is 0 Å². The molecule has 11 heteroatoms. The zero-order valence-electron chi connectivity index (χ0n) is 20.6. The van der Waals surface area contributed by atoms with E-state index < -0.39 is 11.9 Å². The summed E-state index contributed by atoms with van der Waals surface area (Å²) in [7, 11) is 0. The highest BCUT2D eigenvalue weighted by atomic mass is 35.5. The van der Waals surface area contributed by atoms with Crippen LogP contribution in [-0.2, 0) is 9.53 Å². The summed E-state index contributed by atoms with van der Waals surface area (Å²) in [6.07, 6.45) is 0.951. The van der Waals surface area contributed by atoms with Gasteiger partial charge in [-0.15, -0.1) is 0 Å². The van der Waals surface area contributed by atoms with Gasteiger partial charge in [-0.05, 0) is 32.1 Å². The Labute approximate surface area is 219 Å². The summed E-state index contributed by atoms with van der Waals surface area (Å²) >= 11 is 6.75. The number of rotatable bonds is 3. The van der Waals surface area contributed by atoms with Gasteiger partial charge in [0.05, 0.1) is 23.8 Å². The van der Waals surface area contributed by atoms with Gasteiger partial charge in [-0.1, -0.05) is 24.2 Å². The number of carbonyl (C=O) groups excluding carboxylic acids is 2. The summed E-state index contributed by atoms with van der Waals surface area (Å²) in [4.78, 5) is 36.1. The fraction of sp³-hybridized carbons (Fsp3) is 0.423. The smallest absolute Gasteiger partial charge is 0.261 e. The maximum absolute atomic E-state index is 14.9. The lowest BCUT2D eigenvalue weighted by Crippen LogP contribution is -2.57. The molecule has 3 aliphatic heterocycles. The maximum Gasteiger partial charge on any atom is 0.261 e. The van der Waals surface area contributed by atoms with Crippen LogP contribution in [0.4, 0.5) is 10.2 Å². The van der Waals surface area contributed by atoms with Crippen molar-refractivity contribution in [2.45, 2.75) is 32.1 Å². The monoisotopic (exact) mass is 530 g/mol. The minimum atomic E-state index is -0.708. The Morgan fingerprint density at radius 3 is 2.62 bits per heavy atom. The minimum absolute atomic E-state index is 0.0195. The summed E-state index contributed by atoms with van der Waals surface area (Å²) in [5.74, 6) is -1.22. The number of hydrogen-bond donors (Lipinski definition) is 1. The molecule has 0 aliphatic carbocycles. The molecule has 1 unspecified atom stereocenters. The Kier molecular flexibility index (Phi) is 6.72. The number of nitrogens with zero attached hydrogens (tertiary/aromatic N) is 4. The van der Waals surface area contributed by atoms with Crippen LogP contribution in [0, 0.1) is 5.82 Å². The van der Waals surface area contributed by atoms with Crippen molar-refractivity contribution in [3.63, 3.8) is 0 Å². The van der Waals surface area contributed by atoms with E-state index >= 15 is 0 Å². The van der Waals surface area contributed by atoms with Crippen molar-refractivity contribution in [3.8, 4) is 22.8 Å². The molecule has 1 aromatic heterocycles. The van der Waals surface area contributed by atoms with Gasteiger partial charge < -0.3 is 29.3 Å². The number of ether oxygens (including phenoxy) is 2. The van der Waals surface area contributed by atoms with Crippen molar-refractivity contribution in [1.29, 1.82) is 0 Å². The molecule has 3 aliphatic rings. The number of fused-ring (bicyclic) bond motifs is 2. The second kappa shape index (κ2) is 9.83. The lowest BCUT2D eigenvalue weighted by Gasteiger charge is -2.40. The van der Waals surface area contributed by atoms with Crippen LogP contribution in [0.15, 0.2) is 30.9 Å². The van der Waals surface area contributed by atoms with Crippen LogP contribution in [0.2, 0.25) is 5.02 Å². The molecule has 2 amide bonds. The van der Waals surface area contributed by atoms with E-state index in [1.165, 1.54) is 24.3 Å². The van der Waals surface area contributed by atoms with Crippen molar-refractivity contribution in [2.24, 2.45) is 0 Å². The molecular formula is C26H28ClFN4O5. The number of benzene rings is 1. The topological polar surface area (TPSA) is 95.4 Å². The quantitative estimate of drug-likeness (QED) is 0.609. The first-order valence-corrected chi connectivity index (χ1v) is 12.5. The van der Waals surface area contributed by atoms with E-state index in [9.17, 15) is 19.1 Å². The largest absolute Gasteiger partial charge is 0.507 e. The van der Waals surface area contributed by atoms with Gasteiger partial charge in [-0.3, -0.25) is 9.59 Å². The number of phenols is 1. The molecule has 2 aromatic rings. The highest BCUT2D eigenvalue weighted by Gasteiger charge is 2.41. The highest BCUT2D eigenvalue weighted by molar-refractivity contribution is 6.35. The third-order valence-electron chi connectivity index (χ3n) is 6.89. The van der Waals surface area contributed by atoms with Crippen LogP contribution in [0.1, 0.15) is 24.2 Å². The van der Waals surface area contributed by atoms with E-state index in [2.05, 4.69) is 11.6 Å². The number of phenolic OH excluding ortho intramolecular Hbond substituents is 1. The number of amides is 2. The molecule has 0 saturated carbocycles. The van der Waals surface area contributed by atoms with Gasteiger partial charge in [0.25, 0.3) is 5.91 Å². The predicted molar refractivity (Wildman–Crippen MR) is 136 cm³/mol. The van der Waals surface area contributed by atoms with Crippen molar-refractivity contribution >= 4 is 29.2 Å². The Bertz CT molecular complexity index is 1240. The van der Waals surface area contributed by atoms with Gasteiger partial charge in [0.2, 0.25) is 5.91 Å². The highest BCUT2D eigenvalue weighted by Crippen LogP contribution is 2.46. The molecule has 2 saturated heterocycles. The number of carbonyl (C=O) groups is 2. The summed E-state index contributed by atoms with van der Waals surface area (Å²) in [6, 6.07) is 3.51. The normalized spacial score (nSPS) is 23.6. The lowest BCUT2D eigenvalue weighted by molar-refractivity contribution is -0.128. The first-order chi connectivity index (χ1) is 17.7. The fourth-order valence-electron chi connectivity index (χ4n) is 5.27. The predicted octanol–water partition coefficient (Wildman–Crippen LogP) is 3.09. The Hall–Kier alpha value is -3.37. The number of anilines is 1. The molecule has 37 heavy (non-hydrogen) atoms. The van der Waals surface area contributed by atoms with Crippen LogP contribution < -0.4 is 9.64 Å². The third kappa shape index (κ3) is 4.48. The van der Waals surface area contributed by atoms with Gasteiger partial charge in [-0.25, -0.2) is 9.37 Å². The fourth-order valence-corrected chi connectivity index (χ4v) is 5.55. The van der Waals surface area contributed by atoms with E-state index in [4.69, 9.17) is 21.1 Å². The second-order valence-corrected chi connectivity index (χ2v) is 9.93. The van der Waals surface area contributed by atoms with Crippen molar-refractivity contribution in [2.75, 3.05) is 44.2 Å². The molecule has 9 nitrogen and oxygen atoms in total. The van der Waals surface area contributed by atoms with Crippen LogP contribution in [-0.4, -0.2) is 89.3 Å². The standard InChI is InChI=1S/C26H28ClFN4O5/c1-4-19(34)30-8-9-32-16(12-30)13-36-24-21(26(32)35)25(31-10-14(2)37-15(3)11-31)29-23(22(24)27)20-17(28)6-5-7-18(20)33/h4-7,14-16,33H,1,8-13H2,2-3H3/t14-,15+,16?. The Morgan fingerprint density at radius 1 is 1.22 bits per heavy atom. The molecule has 0 radical (unpaired) electrons. The van der Waals surface area contributed by atoms with Crippen LogP contribution in [0.25, 0.3) is 11.3 Å². The number of piperazine rings is 1. The number of halogens is 2. The average molecular weight is 531 g/mol. The Morgan fingerprint density at radius 2 is 1.95 bits per heavy atom. The van der Waals surface area contributed by atoms with Crippen molar-refractivity contribution < 1.29 is 28.6 Å². The summed E-state index contributed by atoms with van der Waals surface area (Å²) < 4.78 is 27.0. The molecule has 0 spiro atoms. The first kappa shape index (κ1) is 25.3. The summed E-state index contributed by atoms with van der Waals surface area (Å²) in [5.41, 5.74) is -0.0162. The van der Waals surface area contributed by atoms with Crippen molar-refractivity contribution in [3.05, 3.63) is 47.3 Å². The number of aromatic hydroxyl groups is 1. The average Bonchev–Trinajstić information content (AvgIpc) is 3.00. The van der Waals surface area contributed by atoms with Crippen LogP contribution in [0.5, 0.6) is 11.5 Å². The molecule has 4 heterocycles. The van der Waals surface area contributed by atoms with E-state index in [1.807, 2.05) is 18.7 Å². The molecule has 196 valence electrons. The summed E-state index contributed by atoms with van der Waals surface area (Å²) in [5, 5.41) is 10.4. The molecular weight excluding hydrogens is 503 g/mol. The third-order valence-corrected chi connectivity index (χ3v) is 7.24. The Balaban J connectivity index is 1.67. The van der Waals surface area contributed by atoms with Crippen molar-refractivity contribution in [1.82, 2.24) is 14.8 Å². The van der Waals surface area contributed by atoms with Gasteiger partial charge in [0, 0.05) is 32.7 Å². The molecule has 0 bridgehead atoms. The molecule has 3 atom stereocenters. The SMILES string of the molecule is C=CC(=O)N1CCN2C(=O)c3c(N4C[C@@H](C)O[C@@H](C)C4)nc(-c4c(O)cccc4F)c(Cl)c3OCC2C1.